The molecule has 0 saturated carbocycles. The van der Waals surface area contributed by atoms with Crippen LogP contribution in [0, 0.1) is 13.8 Å². The van der Waals surface area contributed by atoms with Crippen LogP contribution in [0.5, 0.6) is 0 Å². The average molecular weight is 492 g/mol. The number of hydrogen-bond acceptors (Lipinski definition) is 4. The van der Waals surface area contributed by atoms with Crippen LogP contribution in [-0.4, -0.2) is 32.3 Å². The quantitative estimate of drug-likeness (QED) is 0.464. The third-order valence-corrected chi connectivity index (χ3v) is 7.83. The summed E-state index contributed by atoms with van der Waals surface area (Å²) < 4.78 is 28.3. The van der Waals surface area contributed by atoms with Gasteiger partial charge >= 0.3 is 0 Å². The number of carbonyl (C=O) groups is 1. The lowest BCUT2D eigenvalue weighted by Crippen LogP contribution is -2.29. The Morgan fingerprint density at radius 2 is 1.57 bits per heavy atom. The van der Waals surface area contributed by atoms with E-state index in [0.717, 1.165) is 30.8 Å². The Kier molecular flexibility index (Phi) is 7.88. The molecule has 35 heavy (non-hydrogen) atoms. The molecule has 0 radical (unpaired) electrons. The van der Waals surface area contributed by atoms with Crippen molar-refractivity contribution in [2.24, 2.45) is 0 Å². The van der Waals surface area contributed by atoms with Gasteiger partial charge in [-0.2, -0.15) is 0 Å². The Morgan fingerprint density at radius 1 is 0.886 bits per heavy atom. The summed E-state index contributed by atoms with van der Waals surface area (Å²) in [6.07, 6.45) is 3.83. The second-order valence-electron chi connectivity index (χ2n) is 9.24. The Hall–Kier alpha value is -3.16. The summed E-state index contributed by atoms with van der Waals surface area (Å²) in [6, 6.07) is 20.1. The number of carbonyl (C=O) groups excluding carboxylic acids is 1. The van der Waals surface area contributed by atoms with Crippen LogP contribution in [-0.2, 0) is 23.1 Å². The number of likely N-dealkylation sites (tertiary alicyclic amines) is 1. The molecule has 0 aliphatic carbocycles. The Bertz CT molecular complexity index is 1280. The fourth-order valence-electron chi connectivity index (χ4n) is 4.40. The first-order valence-electron chi connectivity index (χ1n) is 12.1. The summed E-state index contributed by atoms with van der Waals surface area (Å²) in [4.78, 5) is 15.6. The van der Waals surface area contributed by atoms with E-state index in [9.17, 15) is 13.2 Å². The topological polar surface area (TPSA) is 78.5 Å². The van der Waals surface area contributed by atoms with E-state index in [1.165, 1.54) is 24.8 Å². The Labute approximate surface area is 208 Å². The van der Waals surface area contributed by atoms with Crippen molar-refractivity contribution in [3.05, 3.63) is 94.5 Å². The van der Waals surface area contributed by atoms with Crippen LogP contribution in [0.15, 0.2) is 71.6 Å². The van der Waals surface area contributed by atoms with Gasteiger partial charge in [-0.25, -0.2) is 8.42 Å². The molecule has 1 aliphatic heterocycles. The standard InChI is InChI=1S/C28H33N3O3S/c1-21-12-14-25(15-13-21)35(33,34)30-27-11-7-10-26(22(27)2)28(32)29-19-23-8-6-9-24(18-23)20-31-16-4-3-5-17-31/h6-15,18,30H,3-5,16-17,19-20H2,1-2H3,(H,29,32). The van der Waals surface area contributed by atoms with Crippen molar-refractivity contribution in [2.75, 3.05) is 17.8 Å². The number of aryl methyl sites for hydroxylation is 1. The maximum absolute atomic E-state index is 13.0. The van der Waals surface area contributed by atoms with E-state index < -0.39 is 10.0 Å². The van der Waals surface area contributed by atoms with Crippen LogP contribution in [0.1, 0.15) is 51.9 Å². The van der Waals surface area contributed by atoms with Gasteiger partial charge in [0.1, 0.15) is 0 Å². The number of anilines is 1. The number of sulfonamides is 1. The predicted molar refractivity (Wildman–Crippen MR) is 140 cm³/mol. The lowest BCUT2D eigenvalue weighted by molar-refractivity contribution is 0.0950. The molecule has 1 heterocycles. The average Bonchev–Trinajstić information content (AvgIpc) is 2.85. The monoisotopic (exact) mass is 491 g/mol. The normalized spacial score (nSPS) is 14.5. The van der Waals surface area contributed by atoms with Crippen LogP contribution in [0.2, 0.25) is 0 Å². The molecule has 2 N–H and O–H groups in total. The first-order chi connectivity index (χ1) is 16.8. The van der Waals surface area contributed by atoms with E-state index >= 15 is 0 Å². The number of nitrogens with zero attached hydrogens (tertiary/aromatic N) is 1. The van der Waals surface area contributed by atoms with Crippen molar-refractivity contribution < 1.29 is 13.2 Å². The van der Waals surface area contributed by atoms with Gasteiger partial charge in [0, 0.05) is 18.7 Å². The van der Waals surface area contributed by atoms with Gasteiger partial charge in [0.25, 0.3) is 15.9 Å². The van der Waals surface area contributed by atoms with Crippen molar-refractivity contribution in [3.8, 4) is 0 Å². The molecule has 0 unspecified atom stereocenters. The molecule has 184 valence electrons. The largest absolute Gasteiger partial charge is 0.348 e. The van der Waals surface area contributed by atoms with Crippen molar-refractivity contribution in [2.45, 2.75) is 51.1 Å². The molecule has 3 aromatic rings. The molecule has 1 saturated heterocycles. The highest BCUT2D eigenvalue weighted by molar-refractivity contribution is 7.92. The first kappa shape index (κ1) is 24.9. The van der Waals surface area contributed by atoms with Gasteiger partial charge in [-0.05, 0) is 80.7 Å². The van der Waals surface area contributed by atoms with Gasteiger partial charge in [-0.3, -0.25) is 14.4 Å². The van der Waals surface area contributed by atoms with Crippen molar-refractivity contribution in [1.82, 2.24) is 10.2 Å². The van der Waals surface area contributed by atoms with E-state index in [4.69, 9.17) is 0 Å². The minimum absolute atomic E-state index is 0.182. The van der Waals surface area contributed by atoms with Crippen LogP contribution in [0.4, 0.5) is 5.69 Å². The highest BCUT2D eigenvalue weighted by Gasteiger charge is 2.18. The minimum Gasteiger partial charge on any atom is -0.348 e. The first-order valence-corrected chi connectivity index (χ1v) is 13.6. The van der Waals surface area contributed by atoms with Gasteiger partial charge in [0.2, 0.25) is 0 Å². The van der Waals surface area contributed by atoms with Gasteiger partial charge in [-0.1, -0.05) is 54.4 Å². The summed E-state index contributed by atoms with van der Waals surface area (Å²) >= 11 is 0. The smallest absolute Gasteiger partial charge is 0.261 e. The number of rotatable bonds is 8. The van der Waals surface area contributed by atoms with Crippen molar-refractivity contribution in [1.29, 1.82) is 0 Å². The minimum atomic E-state index is -3.75. The van der Waals surface area contributed by atoms with Gasteiger partial charge < -0.3 is 5.32 Å². The van der Waals surface area contributed by atoms with E-state index in [1.807, 2.05) is 19.1 Å². The highest BCUT2D eigenvalue weighted by atomic mass is 32.2. The number of nitrogens with one attached hydrogen (secondary N) is 2. The fraction of sp³-hybridized carbons (Fsp3) is 0.321. The summed E-state index contributed by atoms with van der Waals surface area (Å²) in [6.45, 7) is 7.28. The second kappa shape index (κ2) is 11.1. The van der Waals surface area contributed by atoms with Crippen LogP contribution in [0.25, 0.3) is 0 Å². The molecule has 4 rings (SSSR count). The summed E-state index contributed by atoms with van der Waals surface area (Å²) in [5.41, 5.74) is 4.69. The lowest BCUT2D eigenvalue weighted by Gasteiger charge is -2.26. The Morgan fingerprint density at radius 3 is 2.31 bits per heavy atom. The zero-order valence-electron chi connectivity index (χ0n) is 20.4. The number of piperidine rings is 1. The van der Waals surface area contributed by atoms with Crippen LogP contribution < -0.4 is 10.0 Å². The number of amides is 1. The van der Waals surface area contributed by atoms with E-state index in [1.54, 1.807) is 49.4 Å². The van der Waals surface area contributed by atoms with E-state index in [2.05, 4.69) is 27.1 Å². The summed E-state index contributed by atoms with van der Waals surface area (Å²) in [7, 11) is -3.75. The van der Waals surface area contributed by atoms with E-state index in [-0.39, 0.29) is 10.8 Å². The van der Waals surface area contributed by atoms with E-state index in [0.29, 0.717) is 23.4 Å². The molecule has 0 atom stereocenters. The summed E-state index contributed by atoms with van der Waals surface area (Å²) in [5.74, 6) is -0.236. The highest BCUT2D eigenvalue weighted by Crippen LogP contribution is 2.23. The molecule has 1 fully saturated rings. The zero-order valence-corrected chi connectivity index (χ0v) is 21.2. The molecular formula is C28H33N3O3S. The molecular weight excluding hydrogens is 458 g/mol. The molecule has 0 aromatic heterocycles. The second-order valence-corrected chi connectivity index (χ2v) is 10.9. The lowest BCUT2D eigenvalue weighted by atomic mass is 10.1. The molecule has 0 spiro atoms. The molecule has 7 heteroatoms. The Balaban J connectivity index is 1.42. The molecule has 6 nitrogen and oxygen atoms in total. The molecule has 0 bridgehead atoms. The van der Waals surface area contributed by atoms with Crippen LogP contribution in [0.3, 0.4) is 0 Å². The fourth-order valence-corrected chi connectivity index (χ4v) is 5.53. The van der Waals surface area contributed by atoms with Crippen LogP contribution >= 0.6 is 0 Å². The number of hydrogen-bond donors (Lipinski definition) is 2. The van der Waals surface area contributed by atoms with Crippen molar-refractivity contribution >= 4 is 21.6 Å². The van der Waals surface area contributed by atoms with Gasteiger partial charge in [0.05, 0.1) is 10.6 Å². The van der Waals surface area contributed by atoms with Crippen molar-refractivity contribution in [3.63, 3.8) is 0 Å². The molecule has 1 amide bonds. The molecule has 1 aliphatic rings. The summed E-state index contributed by atoms with van der Waals surface area (Å²) in [5, 5.41) is 2.99. The zero-order chi connectivity index (χ0) is 24.8. The maximum Gasteiger partial charge on any atom is 0.261 e. The predicted octanol–water partition coefficient (Wildman–Crippen LogP) is 5.02. The van der Waals surface area contributed by atoms with Gasteiger partial charge in [0.15, 0.2) is 0 Å². The van der Waals surface area contributed by atoms with Gasteiger partial charge in [-0.15, -0.1) is 0 Å². The maximum atomic E-state index is 13.0. The number of benzene rings is 3. The SMILES string of the molecule is Cc1ccc(S(=O)(=O)Nc2cccc(C(=O)NCc3cccc(CN4CCCCC4)c3)c2C)cc1. The molecule has 3 aromatic carbocycles. The third-order valence-electron chi connectivity index (χ3n) is 6.45. The third kappa shape index (κ3) is 6.50.